The second-order valence-corrected chi connectivity index (χ2v) is 5.38. The molecule has 2 rings (SSSR count). The average Bonchev–Trinajstić information content (AvgIpc) is 2.92. The molecule has 0 aromatic heterocycles. The summed E-state index contributed by atoms with van der Waals surface area (Å²) in [5.74, 6) is 0.129. The van der Waals surface area contributed by atoms with Crippen LogP contribution < -0.4 is 5.32 Å². The number of rotatable bonds is 4. The van der Waals surface area contributed by atoms with Crippen molar-refractivity contribution in [1.82, 2.24) is 5.32 Å². The summed E-state index contributed by atoms with van der Waals surface area (Å²) in [6.07, 6.45) is 2.89. The van der Waals surface area contributed by atoms with Crippen LogP contribution in [0.5, 0.6) is 0 Å². The van der Waals surface area contributed by atoms with Gasteiger partial charge >= 0.3 is 0 Å². The molecule has 1 heterocycles. The van der Waals surface area contributed by atoms with E-state index < -0.39 is 0 Å². The average molecular weight is 265 g/mol. The molecule has 1 N–H and O–H groups in total. The van der Waals surface area contributed by atoms with Crippen molar-refractivity contribution >= 4 is 17.7 Å². The fraction of sp³-hybridized carbons (Fsp3) is 0.500. The fourth-order valence-corrected chi connectivity index (χ4v) is 2.87. The number of hydrogen-bond donors (Lipinski definition) is 1. The van der Waals surface area contributed by atoms with E-state index in [1.165, 1.54) is 10.5 Å². The Morgan fingerprint density at radius 1 is 1.50 bits per heavy atom. The van der Waals surface area contributed by atoms with Crippen LogP contribution >= 0.6 is 11.8 Å². The molecule has 0 aliphatic carbocycles. The highest BCUT2D eigenvalue weighted by Crippen LogP contribution is 2.26. The molecule has 3 nitrogen and oxygen atoms in total. The van der Waals surface area contributed by atoms with E-state index in [0.29, 0.717) is 13.2 Å². The van der Waals surface area contributed by atoms with Gasteiger partial charge in [-0.25, -0.2) is 0 Å². The van der Waals surface area contributed by atoms with Gasteiger partial charge in [0.1, 0.15) is 0 Å². The molecular formula is C14H19NO2S. The smallest absolute Gasteiger partial charge is 0.225 e. The first-order valence-electron chi connectivity index (χ1n) is 6.23. The zero-order valence-corrected chi connectivity index (χ0v) is 11.6. The van der Waals surface area contributed by atoms with Crippen LogP contribution in [0, 0.1) is 5.92 Å². The largest absolute Gasteiger partial charge is 0.381 e. The van der Waals surface area contributed by atoms with Crippen LogP contribution in [-0.4, -0.2) is 25.4 Å². The Morgan fingerprint density at radius 3 is 2.94 bits per heavy atom. The molecule has 1 aromatic rings. The summed E-state index contributed by atoms with van der Waals surface area (Å²) >= 11 is 1.71. The van der Waals surface area contributed by atoms with Crippen molar-refractivity contribution in [3.8, 4) is 0 Å². The van der Waals surface area contributed by atoms with Gasteiger partial charge in [0.25, 0.3) is 0 Å². The van der Waals surface area contributed by atoms with Crippen molar-refractivity contribution in [3.63, 3.8) is 0 Å². The minimum absolute atomic E-state index is 0.0221. The van der Waals surface area contributed by atoms with Crippen LogP contribution in [0.1, 0.15) is 24.9 Å². The summed E-state index contributed by atoms with van der Waals surface area (Å²) in [7, 11) is 0. The number of nitrogens with one attached hydrogen (secondary N) is 1. The van der Waals surface area contributed by atoms with E-state index in [1.54, 1.807) is 11.8 Å². The SMILES string of the molecule is CSc1ccccc1[C@@H](C)NC(=O)[C@H]1CCOC1. The number of benzene rings is 1. The zero-order chi connectivity index (χ0) is 13.0. The van der Waals surface area contributed by atoms with Crippen molar-refractivity contribution in [3.05, 3.63) is 29.8 Å². The highest BCUT2D eigenvalue weighted by molar-refractivity contribution is 7.98. The molecule has 4 heteroatoms. The lowest BCUT2D eigenvalue weighted by atomic mass is 10.1. The van der Waals surface area contributed by atoms with E-state index in [-0.39, 0.29) is 17.9 Å². The summed E-state index contributed by atoms with van der Waals surface area (Å²) in [5, 5.41) is 3.08. The summed E-state index contributed by atoms with van der Waals surface area (Å²) in [4.78, 5) is 13.2. The van der Waals surface area contributed by atoms with Gasteiger partial charge in [0.05, 0.1) is 18.6 Å². The highest BCUT2D eigenvalue weighted by atomic mass is 32.2. The molecule has 2 atom stereocenters. The van der Waals surface area contributed by atoms with Crippen molar-refractivity contribution in [2.75, 3.05) is 19.5 Å². The summed E-state index contributed by atoms with van der Waals surface area (Å²) in [6, 6.07) is 8.23. The number of carbonyl (C=O) groups is 1. The Bertz CT molecular complexity index is 416. The van der Waals surface area contributed by atoms with E-state index in [2.05, 4.69) is 23.7 Å². The Balaban J connectivity index is 2.02. The highest BCUT2D eigenvalue weighted by Gasteiger charge is 2.25. The van der Waals surface area contributed by atoms with E-state index in [4.69, 9.17) is 4.74 Å². The molecule has 0 spiro atoms. The maximum atomic E-state index is 12.0. The summed E-state index contributed by atoms with van der Waals surface area (Å²) in [6.45, 7) is 3.29. The molecule has 0 saturated carbocycles. The molecular weight excluding hydrogens is 246 g/mol. The molecule has 1 aromatic carbocycles. The molecule has 1 fully saturated rings. The second-order valence-electron chi connectivity index (χ2n) is 4.53. The van der Waals surface area contributed by atoms with Gasteiger partial charge in [-0.3, -0.25) is 4.79 Å². The third kappa shape index (κ3) is 3.06. The van der Waals surface area contributed by atoms with Gasteiger partial charge in [0.15, 0.2) is 0 Å². The van der Waals surface area contributed by atoms with Crippen molar-refractivity contribution in [2.24, 2.45) is 5.92 Å². The quantitative estimate of drug-likeness (QED) is 0.851. The Labute approximate surface area is 112 Å². The van der Waals surface area contributed by atoms with Crippen LogP contribution in [0.25, 0.3) is 0 Å². The van der Waals surface area contributed by atoms with Crippen LogP contribution in [0.4, 0.5) is 0 Å². The zero-order valence-electron chi connectivity index (χ0n) is 10.8. The van der Waals surface area contributed by atoms with E-state index in [0.717, 1.165) is 6.42 Å². The van der Waals surface area contributed by atoms with Gasteiger partial charge in [-0.1, -0.05) is 18.2 Å². The molecule has 0 unspecified atom stereocenters. The number of thioether (sulfide) groups is 1. The van der Waals surface area contributed by atoms with Crippen LogP contribution in [0.2, 0.25) is 0 Å². The first kappa shape index (κ1) is 13.4. The van der Waals surface area contributed by atoms with Crippen molar-refractivity contribution in [2.45, 2.75) is 24.3 Å². The maximum absolute atomic E-state index is 12.0. The second kappa shape index (κ2) is 6.25. The predicted octanol–water partition coefficient (Wildman–Crippen LogP) is 2.62. The molecule has 98 valence electrons. The van der Waals surface area contributed by atoms with Crippen LogP contribution in [0.15, 0.2) is 29.2 Å². The maximum Gasteiger partial charge on any atom is 0.225 e. The van der Waals surface area contributed by atoms with Crippen LogP contribution in [0.3, 0.4) is 0 Å². The first-order chi connectivity index (χ1) is 8.72. The van der Waals surface area contributed by atoms with E-state index in [1.807, 2.05) is 19.1 Å². The lowest BCUT2D eigenvalue weighted by Gasteiger charge is -2.19. The molecule has 0 bridgehead atoms. The van der Waals surface area contributed by atoms with Crippen LogP contribution in [-0.2, 0) is 9.53 Å². The third-order valence-electron chi connectivity index (χ3n) is 3.26. The van der Waals surface area contributed by atoms with Gasteiger partial charge in [0, 0.05) is 11.5 Å². The van der Waals surface area contributed by atoms with E-state index >= 15 is 0 Å². The predicted molar refractivity (Wildman–Crippen MR) is 73.7 cm³/mol. The van der Waals surface area contributed by atoms with Gasteiger partial charge < -0.3 is 10.1 Å². The number of carbonyl (C=O) groups excluding carboxylic acids is 1. The normalized spacial score (nSPS) is 20.7. The molecule has 0 radical (unpaired) electrons. The minimum Gasteiger partial charge on any atom is -0.381 e. The van der Waals surface area contributed by atoms with Gasteiger partial charge in [-0.2, -0.15) is 0 Å². The molecule has 1 amide bonds. The summed E-state index contributed by atoms with van der Waals surface area (Å²) < 4.78 is 5.25. The summed E-state index contributed by atoms with van der Waals surface area (Å²) in [5.41, 5.74) is 1.18. The Kier molecular flexibility index (Phi) is 4.66. The first-order valence-corrected chi connectivity index (χ1v) is 7.46. The number of ether oxygens (including phenoxy) is 1. The van der Waals surface area contributed by atoms with Crippen molar-refractivity contribution < 1.29 is 9.53 Å². The number of amides is 1. The fourth-order valence-electron chi connectivity index (χ4n) is 2.17. The third-order valence-corrected chi connectivity index (χ3v) is 4.08. The lowest BCUT2D eigenvalue weighted by molar-refractivity contribution is -0.125. The molecule has 18 heavy (non-hydrogen) atoms. The molecule has 1 saturated heterocycles. The van der Waals surface area contributed by atoms with Crippen molar-refractivity contribution in [1.29, 1.82) is 0 Å². The molecule has 1 aliphatic rings. The monoisotopic (exact) mass is 265 g/mol. The van der Waals surface area contributed by atoms with E-state index in [9.17, 15) is 4.79 Å². The topological polar surface area (TPSA) is 38.3 Å². The molecule has 1 aliphatic heterocycles. The number of hydrogen-bond acceptors (Lipinski definition) is 3. The minimum atomic E-state index is 0.0221. The Morgan fingerprint density at radius 2 is 2.28 bits per heavy atom. The van der Waals surface area contributed by atoms with Gasteiger partial charge in [-0.15, -0.1) is 11.8 Å². The lowest BCUT2D eigenvalue weighted by Crippen LogP contribution is -2.33. The Hall–Kier alpha value is -1.00. The standard InChI is InChI=1S/C14H19NO2S/c1-10(12-5-3-4-6-13(12)18-2)15-14(16)11-7-8-17-9-11/h3-6,10-11H,7-9H2,1-2H3,(H,15,16)/t10-,11+/m1/s1. The van der Waals surface area contributed by atoms with Gasteiger partial charge in [0.2, 0.25) is 5.91 Å². The van der Waals surface area contributed by atoms with Gasteiger partial charge in [-0.05, 0) is 31.2 Å².